The first kappa shape index (κ1) is 17.7. The molecule has 0 bridgehead atoms. The number of nitrogens with zero attached hydrogens (tertiary/aromatic N) is 4. The highest BCUT2D eigenvalue weighted by atomic mass is 16.5. The van der Waals surface area contributed by atoms with E-state index >= 15 is 0 Å². The van der Waals surface area contributed by atoms with Crippen molar-refractivity contribution in [3.05, 3.63) is 47.8 Å². The van der Waals surface area contributed by atoms with Crippen molar-refractivity contribution in [2.45, 2.75) is 19.4 Å². The van der Waals surface area contributed by atoms with Crippen LogP contribution in [0.25, 0.3) is 0 Å². The fraction of sp³-hybridized carbons (Fsp3) is 0.450. The molecule has 0 aliphatic carbocycles. The van der Waals surface area contributed by atoms with Crippen molar-refractivity contribution in [1.82, 2.24) is 19.8 Å². The Morgan fingerprint density at radius 1 is 1.15 bits per heavy atom. The van der Waals surface area contributed by atoms with E-state index in [9.17, 15) is 4.79 Å². The van der Waals surface area contributed by atoms with Crippen LogP contribution in [-0.2, 0) is 17.8 Å². The average Bonchev–Trinajstić information content (AvgIpc) is 3.17. The molecule has 142 valence electrons. The second-order valence-corrected chi connectivity index (χ2v) is 6.95. The molecule has 3 heterocycles. The molecular weight excluding hydrogens is 342 g/mol. The third kappa shape index (κ3) is 4.54. The predicted octanol–water partition coefficient (Wildman–Crippen LogP) is 1.56. The molecule has 1 N–H and O–H groups in total. The van der Waals surface area contributed by atoms with Crippen LogP contribution >= 0.6 is 0 Å². The molecule has 0 saturated carbocycles. The van der Waals surface area contributed by atoms with Crippen LogP contribution < -0.4 is 10.1 Å². The number of fused-ring (bicyclic) bond motifs is 1. The van der Waals surface area contributed by atoms with Crippen molar-refractivity contribution in [2.24, 2.45) is 0 Å². The van der Waals surface area contributed by atoms with Crippen molar-refractivity contribution >= 4 is 11.9 Å². The Morgan fingerprint density at radius 2 is 1.96 bits per heavy atom. The Morgan fingerprint density at radius 3 is 2.78 bits per heavy atom. The van der Waals surface area contributed by atoms with E-state index in [0.29, 0.717) is 18.9 Å². The van der Waals surface area contributed by atoms with E-state index in [1.807, 2.05) is 4.90 Å². The van der Waals surface area contributed by atoms with E-state index in [2.05, 4.69) is 38.4 Å². The average molecular weight is 367 g/mol. The number of nitrogens with one attached hydrogen (secondary N) is 1. The fourth-order valence-corrected chi connectivity index (χ4v) is 3.58. The van der Waals surface area contributed by atoms with Gasteiger partial charge >= 0.3 is 0 Å². The van der Waals surface area contributed by atoms with Crippen molar-refractivity contribution in [3.8, 4) is 5.75 Å². The van der Waals surface area contributed by atoms with E-state index in [0.717, 1.165) is 51.5 Å². The molecule has 2 aliphatic heterocycles. The quantitative estimate of drug-likeness (QED) is 0.836. The minimum atomic E-state index is 0.188. The first-order valence-electron chi connectivity index (χ1n) is 9.53. The van der Waals surface area contributed by atoms with Gasteiger partial charge in [0.05, 0.1) is 6.61 Å². The molecule has 7 heteroatoms. The van der Waals surface area contributed by atoms with Gasteiger partial charge in [0.1, 0.15) is 5.75 Å². The van der Waals surface area contributed by atoms with Gasteiger partial charge in [0, 0.05) is 64.5 Å². The smallest absolute Gasteiger partial charge is 0.224 e. The summed E-state index contributed by atoms with van der Waals surface area (Å²) in [5.74, 6) is 1.78. The highest BCUT2D eigenvalue weighted by Crippen LogP contribution is 2.26. The van der Waals surface area contributed by atoms with Gasteiger partial charge in [-0.15, -0.1) is 0 Å². The number of carbonyl (C=O) groups excluding carboxylic acids is 1. The van der Waals surface area contributed by atoms with Crippen LogP contribution in [0.3, 0.4) is 0 Å². The molecule has 1 fully saturated rings. The lowest BCUT2D eigenvalue weighted by Gasteiger charge is -2.35. The molecule has 2 aliphatic rings. The number of piperazine rings is 1. The van der Waals surface area contributed by atoms with Crippen LogP contribution in [0.2, 0.25) is 0 Å². The number of hydrogen-bond donors (Lipinski definition) is 1. The van der Waals surface area contributed by atoms with Gasteiger partial charge in [0.25, 0.3) is 0 Å². The molecule has 1 saturated heterocycles. The zero-order valence-corrected chi connectivity index (χ0v) is 15.4. The Bertz CT molecular complexity index is 775. The SMILES string of the molecule is O=C(CCNc1ncccn1)N1CCN(Cc2ccc3c(c2)CCO3)CC1. The second-order valence-electron chi connectivity index (χ2n) is 6.95. The molecule has 0 unspecified atom stereocenters. The summed E-state index contributed by atoms with van der Waals surface area (Å²) in [4.78, 5) is 25.0. The zero-order chi connectivity index (χ0) is 18.5. The molecule has 2 aromatic rings. The number of anilines is 1. The van der Waals surface area contributed by atoms with Gasteiger partial charge in [-0.1, -0.05) is 12.1 Å². The topological polar surface area (TPSA) is 70.6 Å². The Balaban J connectivity index is 1.20. The third-order valence-electron chi connectivity index (χ3n) is 5.07. The van der Waals surface area contributed by atoms with Crippen LogP contribution in [0.15, 0.2) is 36.7 Å². The number of amides is 1. The lowest BCUT2D eigenvalue weighted by molar-refractivity contribution is -0.132. The molecule has 1 amide bonds. The molecule has 0 radical (unpaired) electrons. The Hall–Kier alpha value is -2.67. The highest BCUT2D eigenvalue weighted by Gasteiger charge is 2.21. The molecular formula is C20H25N5O2. The van der Waals surface area contributed by atoms with Gasteiger partial charge in [-0.25, -0.2) is 9.97 Å². The predicted molar refractivity (Wildman–Crippen MR) is 103 cm³/mol. The maximum atomic E-state index is 12.4. The van der Waals surface area contributed by atoms with E-state index in [4.69, 9.17) is 4.74 Å². The fourth-order valence-electron chi connectivity index (χ4n) is 3.58. The van der Waals surface area contributed by atoms with Gasteiger partial charge in [-0.2, -0.15) is 0 Å². The first-order chi connectivity index (χ1) is 13.3. The summed E-state index contributed by atoms with van der Waals surface area (Å²) in [5, 5.41) is 3.09. The summed E-state index contributed by atoms with van der Waals surface area (Å²) in [6, 6.07) is 8.27. The number of benzene rings is 1. The first-order valence-corrected chi connectivity index (χ1v) is 9.53. The summed E-state index contributed by atoms with van der Waals surface area (Å²) in [6.45, 7) is 5.68. The molecule has 0 spiro atoms. The van der Waals surface area contributed by atoms with Crippen LogP contribution in [0.4, 0.5) is 5.95 Å². The highest BCUT2D eigenvalue weighted by molar-refractivity contribution is 5.76. The van der Waals surface area contributed by atoms with Gasteiger partial charge in [0.15, 0.2) is 0 Å². The van der Waals surface area contributed by atoms with Crippen LogP contribution in [0, 0.1) is 0 Å². The number of ether oxygens (including phenoxy) is 1. The molecule has 7 nitrogen and oxygen atoms in total. The van der Waals surface area contributed by atoms with Crippen LogP contribution in [0.1, 0.15) is 17.5 Å². The monoisotopic (exact) mass is 367 g/mol. The number of carbonyl (C=O) groups is 1. The molecule has 1 aromatic carbocycles. The molecule has 4 rings (SSSR count). The van der Waals surface area contributed by atoms with E-state index in [-0.39, 0.29) is 5.91 Å². The van der Waals surface area contributed by atoms with Gasteiger partial charge in [-0.05, 0) is 23.3 Å². The minimum absolute atomic E-state index is 0.188. The maximum Gasteiger partial charge on any atom is 0.224 e. The summed E-state index contributed by atoms with van der Waals surface area (Å²) in [5.41, 5.74) is 2.64. The maximum absolute atomic E-state index is 12.4. The lowest BCUT2D eigenvalue weighted by Crippen LogP contribution is -2.48. The second kappa shape index (κ2) is 8.35. The van der Waals surface area contributed by atoms with E-state index in [1.165, 1.54) is 11.1 Å². The van der Waals surface area contributed by atoms with Gasteiger partial charge < -0.3 is 15.0 Å². The van der Waals surface area contributed by atoms with Crippen LogP contribution in [-0.4, -0.2) is 65.0 Å². The standard InChI is InChI=1S/C20H25N5O2/c26-19(4-8-23-20-21-6-1-7-22-20)25-11-9-24(10-12-25)15-16-2-3-18-17(14-16)5-13-27-18/h1-3,6-7,14H,4-5,8-13,15H2,(H,21,22,23). The lowest BCUT2D eigenvalue weighted by atomic mass is 10.1. The Kier molecular flexibility index (Phi) is 5.48. The van der Waals surface area contributed by atoms with Crippen molar-refractivity contribution in [1.29, 1.82) is 0 Å². The largest absolute Gasteiger partial charge is 0.493 e. The van der Waals surface area contributed by atoms with E-state index < -0.39 is 0 Å². The summed E-state index contributed by atoms with van der Waals surface area (Å²) < 4.78 is 5.57. The third-order valence-corrected chi connectivity index (χ3v) is 5.07. The Labute approximate surface area is 159 Å². The number of rotatable bonds is 6. The minimum Gasteiger partial charge on any atom is -0.493 e. The number of aromatic nitrogens is 2. The van der Waals surface area contributed by atoms with Crippen molar-refractivity contribution in [3.63, 3.8) is 0 Å². The normalized spacial score (nSPS) is 16.7. The summed E-state index contributed by atoms with van der Waals surface area (Å²) in [6.07, 6.45) is 4.84. The van der Waals surface area contributed by atoms with Crippen molar-refractivity contribution < 1.29 is 9.53 Å². The summed E-state index contributed by atoms with van der Waals surface area (Å²) in [7, 11) is 0. The summed E-state index contributed by atoms with van der Waals surface area (Å²) >= 11 is 0. The van der Waals surface area contributed by atoms with Crippen molar-refractivity contribution in [2.75, 3.05) is 44.6 Å². The number of hydrogen-bond acceptors (Lipinski definition) is 6. The molecule has 1 aromatic heterocycles. The van der Waals surface area contributed by atoms with Gasteiger partial charge in [0.2, 0.25) is 11.9 Å². The molecule has 0 atom stereocenters. The van der Waals surface area contributed by atoms with Crippen LogP contribution in [0.5, 0.6) is 5.75 Å². The zero-order valence-electron chi connectivity index (χ0n) is 15.4. The molecule has 27 heavy (non-hydrogen) atoms. The van der Waals surface area contributed by atoms with Gasteiger partial charge in [-0.3, -0.25) is 9.69 Å². The van der Waals surface area contributed by atoms with E-state index in [1.54, 1.807) is 18.5 Å².